The zero-order valence-electron chi connectivity index (χ0n) is 23.2. The summed E-state index contributed by atoms with van der Waals surface area (Å²) in [4.78, 5) is 21.7. The fourth-order valence-electron chi connectivity index (χ4n) is 9.74. The van der Waals surface area contributed by atoms with Gasteiger partial charge in [0.15, 0.2) is 0 Å². The van der Waals surface area contributed by atoms with Crippen molar-refractivity contribution in [2.45, 2.75) is 97.7 Å². The number of hydrogen-bond acceptors (Lipinski definition) is 7. The fourth-order valence-corrected chi connectivity index (χ4v) is 9.74. The van der Waals surface area contributed by atoms with Crippen molar-refractivity contribution in [3.63, 3.8) is 0 Å². The molecule has 36 heavy (non-hydrogen) atoms. The van der Waals surface area contributed by atoms with Crippen molar-refractivity contribution in [3.8, 4) is 0 Å². The number of ether oxygens (including phenoxy) is 1. The zero-order valence-corrected chi connectivity index (χ0v) is 23.2. The average molecular weight is 510 g/mol. The number of esters is 1. The van der Waals surface area contributed by atoms with Gasteiger partial charge in [-0.3, -0.25) is 10.1 Å². The van der Waals surface area contributed by atoms with Crippen molar-refractivity contribution in [1.82, 2.24) is 5.32 Å². The Labute approximate surface area is 218 Å². The number of aliphatic hydroxyl groups is 2. The molecule has 4 rings (SSSR count). The number of rotatable bonds is 10. The normalized spacial score (nSPS) is 44.9. The van der Waals surface area contributed by atoms with Crippen molar-refractivity contribution in [2.75, 3.05) is 27.0 Å². The van der Waals surface area contributed by atoms with Crippen LogP contribution in [-0.4, -0.2) is 55.4 Å². The highest BCUT2D eigenvalue weighted by Gasteiger charge is 2.64. The first-order valence-electron chi connectivity index (χ1n) is 14.5. The molecule has 11 atom stereocenters. The van der Waals surface area contributed by atoms with Crippen molar-refractivity contribution in [2.24, 2.45) is 52.3 Å². The SMILES string of the molecule is CC[C@H]1[C@@H](O)[C@@H]2[C@H](CC[C@]3(C)[C@@H]([C@H](C)CCOOCNCC(=O)OC)CC[C@@H]23)[C@@]2(C)CC[C@@H](O)C[C@@H]12. The van der Waals surface area contributed by atoms with Crippen LogP contribution in [0, 0.1) is 52.3 Å². The van der Waals surface area contributed by atoms with Gasteiger partial charge in [0.2, 0.25) is 0 Å². The summed E-state index contributed by atoms with van der Waals surface area (Å²) in [5.74, 6) is 3.14. The first kappa shape index (κ1) is 28.3. The summed E-state index contributed by atoms with van der Waals surface area (Å²) in [7, 11) is 1.36. The summed E-state index contributed by atoms with van der Waals surface area (Å²) in [6.07, 6.45) is 9.33. The maximum atomic E-state index is 11.8. The molecule has 4 saturated carbocycles. The van der Waals surface area contributed by atoms with Crippen LogP contribution in [0.4, 0.5) is 0 Å². The molecule has 0 radical (unpaired) electrons. The largest absolute Gasteiger partial charge is 0.468 e. The molecule has 0 spiro atoms. The van der Waals surface area contributed by atoms with E-state index < -0.39 is 0 Å². The third kappa shape index (κ3) is 5.12. The molecule has 208 valence electrons. The maximum absolute atomic E-state index is 11.8. The Morgan fingerprint density at radius 2 is 1.75 bits per heavy atom. The van der Waals surface area contributed by atoms with Crippen LogP contribution >= 0.6 is 0 Å². The number of hydrogen-bond donors (Lipinski definition) is 3. The van der Waals surface area contributed by atoms with Crippen LogP contribution < -0.4 is 5.32 Å². The van der Waals surface area contributed by atoms with Crippen molar-refractivity contribution >= 4 is 5.97 Å². The molecule has 4 aliphatic carbocycles. The van der Waals surface area contributed by atoms with E-state index in [-0.39, 0.29) is 42.3 Å². The van der Waals surface area contributed by atoms with Gasteiger partial charge in [0.05, 0.1) is 32.5 Å². The molecule has 0 amide bonds. The van der Waals surface area contributed by atoms with Gasteiger partial charge in [0, 0.05) is 0 Å². The predicted octanol–water partition coefficient (Wildman–Crippen LogP) is 4.31. The molecule has 4 fully saturated rings. The topological polar surface area (TPSA) is 97.2 Å². The number of aliphatic hydroxyl groups excluding tert-OH is 2. The predicted molar refractivity (Wildman–Crippen MR) is 137 cm³/mol. The fraction of sp³-hybridized carbons (Fsp3) is 0.966. The lowest BCUT2D eigenvalue weighted by atomic mass is 9.41. The van der Waals surface area contributed by atoms with Gasteiger partial charge < -0.3 is 14.9 Å². The van der Waals surface area contributed by atoms with Gasteiger partial charge in [-0.05, 0) is 104 Å². The lowest BCUT2D eigenvalue weighted by Crippen LogP contribution is -2.62. The molecule has 7 nitrogen and oxygen atoms in total. The third-order valence-corrected chi connectivity index (χ3v) is 11.5. The van der Waals surface area contributed by atoms with Crippen LogP contribution in [0.1, 0.15) is 85.5 Å². The van der Waals surface area contributed by atoms with Crippen molar-refractivity contribution < 1.29 is 29.5 Å². The summed E-state index contributed by atoms with van der Waals surface area (Å²) < 4.78 is 4.58. The minimum Gasteiger partial charge on any atom is -0.468 e. The molecule has 3 N–H and O–H groups in total. The Balaban J connectivity index is 1.37. The molecule has 0 unspecified atom stereocenters. The second-order valence-corrected chi connectivity index (χ2v) is 13.0. The quantitative estimate of drug-likeness (QED) is 0.133. The highest BCUT2D eigenvalue weighted by Crippen LogP contribution is 2.69. The van der Waals surface area contributed by atoms with Crippen LogP contribution in [0.15, 0.2) is 0 Å². The summed E-state index contributed by atoms with van der Waals surface area (Å²) in [6, 6.07) is 0. The average Bonchev–Trinajstić information content (AvgIpc) is 3.21. The van der Waals surface area contributed by atoms with Gasteiger partial charge >= 0.3 is 5.97 Å². The lowest BCUT2D eigenvalue weighted by molar-refractivity contribution is -0.300. The van der Waals surface area contributed by atoms with E-state index in [0.717, 1.165) is 32.1 Å². The number of carbonyl (C=O) groups is 1. The number of carbonyl (C=O) groups excluding carboxylic acids is 1. The molecule has 0 aromatic heterocycles. The monoisotopic (exact) mass is 509 g/mol. The molecular weight excluding hydrogens is 458 g/mol. The molecule has 0 aromatic rings. The van der Waals surface area contributed by atoms with Gasteiger partial charge in [-0.1, -0.05) is 34.1 Å². The smallest absolute Gasteiger partial charge is 0.319 e. The van der Waals surface area contributed by atoms with Gasteiger partial charge in [0.1, 0.15) is 6.73 Å². The number of fused-ring (bicyclic) bond motifs is 5. The van der Waals surface area contributed by atoms with Gasteiger partial charge in [-0.15, -0.1) is 0 Å². The first-order valence-corrected chi connectivity index (χ1v) is 14.5. The van der Waals surface area contributed by atoms with E-state index in [1.165, 1.54) is 32.8 Å². The summed E-state index contributed by atoms with van der Waals surface area (Å²) in [5, 5.41) is 25.1. The van der Waals surface area contributed by atoms with E-state index in [4.69, 9.17) is 9.78 Å². The number of nitrogens with one attached hydrogen (secondary N) is 1. The Kier molecular flexibility index (Phi) is 9.09. The van der Waals surface area contributed by atoms with Crippen molar-refractivity contribution in [1.29, 1.82) is 0 Å². The Bertz CT molecular complexity index is 749. The van der Waals surface area contributed by atoms with Crippen LogP contribution in [0.3, 0.4) is 0 Å². The molecule has 4 aliphatic rings. The third-order valence-electron chi connectivity index (χ3n) is 11.5. The van der Waals surface area contributed by atoms with Crippen LogP contribution in [0.5, 0.6) is 0 Å². The molecule has 0 saturated heterocycles. The van der Waals surface area contributed by atoms with Crippen LogP contribution in [0.2, 0.25) is 0 Å². The minimum atomic E-state index is -0.329. The summed E-state index contributed by atoms with van der Waals surface area (Å²) in [5.41, 5.74) is 0.516. The summed E-state index contributed by atoms with van der Waals surface area (Å²) >= 11 is 0. The van der Waals surface area contributed by atoms with E-state index in [0.29, 0.717) is 48.0 Å². The van der Waals surface area contributed by atoms with Gasteiger partial charge in [-0.2, -0.15) is 0 Å². The zero-order chi connectivity index (χ0) is 26.1. The van der Waals surface area contributed by atoms with Crippen molar-refractivity contribution in [3.05, 3.63) is 0 Å². The lowest BCUT2D eigenvalue weighted by Gasteiger charge is -2.64. The van der Waals surface area contributed by atoms with Gasteiger partial charge in [0.25, 0.3) is 0 Å². The van der Waals surface area contributed by atoms with E-state index in [9.17, 15) is 15.0 Å². The van der Waals surface area contributed by atoms with E-state index in [1.807, 2.05) is 0 Å². The van der Waals surface area contributed by atoms with E-state index in [1.54, 1.807) is 0 Å². The molecule has 0 aliphatic heterocycles. The molecular formula is C29H51NO6. The summed E-state index contributed by atoms with van der Waals surface area (Å²) in [6.45, 7) is 10.4. The van der Waals surface area contributed by atoms with Crippen LogP contribution in [0.25, 0.3) is 0 Å². The molecule has 0 heterocycles. The Morgan fingerprint density at radius 1 is 1.03 bits per heavy atom. The molecule has 7 heteroatoms. The number of methoxy groups -OCH3 is 1. The van der Waals surface area contributed by atoms with Gasteiger partial charge in [-0.25, -0.2) is 9.78 Å². The highest BCUT2D eigenvalue weighted by molar-refractivity contribution is 5.71. The minimum absolute atomic E-state index is 0.103. The second-order valence-electron chi connectivity index (χ2n) is 13.0. The molecule has 0 bridgehead atoms. The Hall–Kier alpha value is -0.730. The second kappa shape index (κ2) is 11.6. The van der Waals surface area contributed by atoms with E-state index in [2.05, 4.69) is 37.7 Å². The van der Waals surface area contributed by atoms with Crippen LogP contribution in [-0.2, 0) is 19.3 Å². The molecule has 0 aromatic carbocycles. The highest BCUT2D eigenvalue weighted by atomic mass is 17.2. The first-order chi connectivity index (χ1) is 17.2. The Morgan fingerprint density at radius 3 is 2.47 bits per heavy atom. The van der Waals surface area contributed by atoms with E-state index >= 15 is 0 Å². The standard InChI is InChI=1S/C29H51NO6/c1-6-20-24-15-19(31)9-12-29(24,4)23-10-13-28(3)21(7-8-22(28)26(23)27(20)33)18(2)11-14-35-36-17-30-16-25(32)34-5/h18-24,26-27,30-31,33H,6-17H2,1-5H3/t18-,19-,20-,21-,22+,23+,24+,26+,27-,28-,29-/m1/s1. The maximum Gasteiger partial charge on any atom is 0.319 e.